The minimum absolute atomic E-state index is 0.733. The minimum atomic E-state index is 0.733. The summed E-state index contributed by atoms with van der Waals surface area (Å²) in [6.07, 6.45) is 0. The van der Waals surface area contributed by atoms with E-state index in [0.717, 1.165) is 181 Å². The van der Waals surface area contributed by atoms with Crippen LogP contribution < -0.4 is 14.7 Å². The number of hydrogen-bond donors (Lipinski definition) is 0. The Morgan fingerprint density at radius 2 is 0.363 bits per heavy atom. The fourth-order valence-corrected chi connectivity index (χ4v) is 20.3. The lowest BCUT2D eigenvalue weighted by Gasteiger charge is -2.28. The highest BCUT2D eigenvalue weighted by atomic mass is 79.9. The molecule has 3 heterocycles. The summed E-state index contributed by atoms with van der Waals surface area (Å²) in [5.41, 5.74) is 26.4. The Kier molecular flexibility index (Phi) is 21.2. The van der Waals surface area contributed by atoms with Crippen LogP contribution in [-0.4, -0.2) is 0 Å². The van der Waals surface area contributed by atoms with Crippen molar-refractivity contribution >= 4 is 221 Å². The average molecular weight is 1830 g/mol. The van der Waals surface area contributed by atoms with Gasteiger partial charge in [-0.1, -0.05) is 379 Å². The predicted molar refractivity (Wildman–Crippen MR) is 575 cm³/mol. The maximum Gasteiger partial charge on any atom is 0.138 e. The third-order valence-electron chi connectivity index (χ3n) is 26.2. The molecule has 26 aromatic rings. The normalized spacial score (nSPS) is 11.5. The molecule has 0 aliphatic heterocycles. The molecule has 0 saturated carbocycles. The first-order valence-corrected chi connectivity index (χ1v) is 46.8. The third-order valence-corrected chi connectivity index (χ3v) is 27.2. The van der Waals surface area contributed by atoms with E-state index in [9.17, 15) is 0 Å². The summed E-state index contributed by atoms with van der Waals surface area (Å²) in [6.45, 7) is 0. The van der Waals surface area contributed by atoms with Crippen LogP contribution >= 0.6 is 39.1 Å². The molecule has 26 rings (SSSR count). The number of halogens is 3. The van der Waals surface area contributed by atoms with Gasteiger partial charge < -0.3 is 28.0 Å². The number of hydrogen-bond acceptors (Lipinski definition) is 6. The summed E-state index contributed by atoms with van der Waals surface area (Å²) < 4.78 is 21.3. The lowest BCUT2D eigenvalue weighted by molar-refractivity contribution is 0.669. The van der Waals surface area contributed by atoms with Crippen molar-refractivity contribution in [2.24, 2.45) is 0 Å². The first kappa shape index (κ1) is 81.7. The minimum Gasteiger partial charge on any atom is -0.456 e. The topological polar surface area (TPSA) is 49.1 Å². The Labute approximate surface area is 798 Å². The molecule has 6 nitrogen and oxygen atoms in total. The summed E-state index contributed by atoms with van der Waals surface area (Å²) in [4.78, 5) is 7.07. The number of furan rings is 3. The van der Waals surface area contributed by atoms with E-state index in [-0.39, 0.29) is 0 Å². The van der Waals surface area contributed by atoms with Gasteiger partial charge in [-0.25, -0.2) is 0 Å². The highest BCUT2D eigenvalue weighted by molar-refractivity contribution is 9.10. The van der Waals surface area contributed by atoms with Crippen LogP contribution in [0.2, 0.25) is 10.0 Å². The van der Waals surface area contributed by atoms with Crippen LogP contribution in [0.5, 0.6) is 0 Å². The van der Waals surface area contributed by atoms with Gasteiger partial charge in [0.2, 0.25) is 0 Å². The van der Waals surface area contributed by atoms with Gasteiger partial charge in [-0.05, 0) is 232 Å². The number of anilines is 9. The Morgan fingerprint density at radius 3 is 0.637 bits per heavy atom. The van der Waals surface area contributed by atoms with Crippen molar-refractivity contribution in [2.75, 3.05) is 14.7 Å². The van der Waals surface area contributed by atoms with E-state index in [1.165, 1.54) is 71.1 Å². The number of fused-ring (bicyclic) bond motifs is 21. The van der Waals surface area contributed by atoms with Crippen LogP contribution in [0.4, 0.5) is 51.2 Å². The Bertz CT molecular complexity index is 8920. The van der Waals surface area contributed by atoms with Gasteiger partial charge in [0.15, 0.2) is 0 Å². The summed E-state index contributed by atoms with van der Waals surface area (Å²) in [6, 6.07) is 171. The van der Waals surface area contributed by atoms with Gasteiger partial charge in [-0.2, -0.15) is 0 Å². The molecule has 23 aromatic carbocycles. The molecule has 0 fully saturated rings. The smallest absolute Gasteiger partial charge is 0.138 e. The van der Waals surface area contributed by atoms with Crippen molar-refractivity contribution < 1.29 is 13.3 Å². The molecule has 0 spiro atoms. The molecule has 0 atom stereocenters. The fourth-order valence-electron chi connectivity index (χ4n) is 19.8. The van der Waals surface area contributed by atoms with Gasteiger partial charge in [-0.15, -0.1) is 0 Å². The second kappa shape index (κ2) is 35.0. The van der Waals surface area contributed by atoms with Crippen LogP contribution in [-0.2, 0) is 0 Å². The molecule has 0 aliphatic carbocycles. The lowest BCUT2D eigenvalue weighted by Crippen LogP contribution is -2.10. The lowest BCUT2D eigenvalue weighted by atomic mass is 9.97. The quantitative estimate of drug-likeness (QED) is 0.108. The first-order valence-electron chi connectivity index (χ1n) is 45.3. The Hall–Kier alpha value is -16.5. The van der Waals surface area contributed by atoms with Gasteiger partial charge in [0.1, 0.15) is 33.5 Å². The molecular weight excluding hydrogens is 1750 g/mol. The molecule has 0 saturated heterocycles. The number of para-hydroxylation sites is 1. The zero-order valence-electron chi connectivity index (χ0n) is 72.9. The van der Waals surface area contributed by atoms with Gasteiger partial charge in [0, 0.05) is 115 Å². The molecule has 3 aromatic heterocycles. The van der Waals surface area contributed by atoms with E-state index >= 15 is 0 Å². The average Bonchev–Trinajstić information content (AvgIpc) is 1.60. The molecule has 0 unspecified atom stereocenters. The predicted octanol–water partition coefficient (Wildman–Crippen LogP) is 38.5. The molecule has 0 amide bonds. The second-order valence-electron chi connectivity index (χ2n) is 34.1. The fraction of sp³-hybridized carbons (Fsp3) is 0. The van der Waals surface area contributed by atoms with E-state index in [0.29, 0.717) is 0 Å². The molecule has 0 aliphatic rings. The van der Waals surface area contributed by atoms with E-state index in [4.69, 9.17) is 36.5 Å². The number of rotatable bonds is 14. The van der Waals surface area contributed by atoms with E-state index in [2.05, 4.69) is 467 Å². The second-order valence-corrected chi connectivity index (χ2v) is 35.8. The van der Waals surface area contributed by atoms with Gasteiger partial charge >= 0.3 is 0 Å². The standard InChI is InChI=1S/C70H44N2O2.C44H28ClNO.C12H8BrCl/c1-3-15-45(16-4-1)46-27-35-53(36-28-46)72(62-44-66-70(60-26-14-12-24-58(60)62)68-56-22-10-8-18-50(56)34-42-64(68)74-66)54-39-31-48(32-40-54)47-29-37-52(38-30-47)71(51-19-5-2-6-20-51)61-43-65-69(59-25-13-11-23-57(59)61)67-55-21-9-7-17-49(55)33-41-63(67)73-65;45-34-21-14-30(15-22-34)32-18-25-36(26-19-32)46(35-23-16-31(17-24-35)29-8-2-1-3-9-29)40-28-42-44(39-13-7-6-12-38(39)40)43-37-11-5-4-10-33(37)20-27-41(43)47-42;13-11-5-1-9(2-6-11)10-3-7-12(14)8-4-10/h1-44H;1-28H;1-8H. The van der Waals surface area contributed by atoms with Crippen molar-refractivity contribution in [3.05, 3.63) is 500 Å². The maximum atomic E-state index is 6.80. The van der Waals surface area contributed by atoms with Gasteiger partial charge in [0.05, 0.1) is 17.1 Å². The number of nitrogens with zero attached hydrogens (tertiary/aromatic N) is 3. The Morgan fingerprint density at radius 1 is 0.163 bits per heavy atom. The maximum absolute atomic E-state index is 6.80. The van der Waals surface area contributed by atoms with E-state index < -0.39 is 0 Å². The van der Waals surface area contributed by atoms with Gasteiger partial charge in [0.25, 0.3) is 0 Å². The highest BCUT2D eigenvalue weighted by Gasteiger charge is 2.27. The summed E-state index contributed by atoms with van der Waals surface area (Å²) in [5.74, 6) is 0. The summed E-state index contributed by atoms with van der Waals surface area (Å²) in [7, 11) is 0. The van der Waals surface area contributed by atoms with Crippen molar-refractivity contribution in [3.8, 4) is 55.6 Å². The molecule has 638 valence electrons. The summed E-state index contributed by atoms with van der Waals surface area (Å²) in [5, 5.41) is 22.5. The van der Waals surface area contributed by atoms with Crippen LogP contribution in [0.25, 0.3) is 186 Å². The largest absolute Gasteiger partial charge is 0.456 e. The first-order chi connectivity index (χ1) is 66.7. The van der Waals surface area contributed by atoms with Crippen molar-refractivity contribution in [2.45, 2.75) is 0 Å². The number of benzene rings is 23. The third kappa shape index (κ3) is 15.3. The van der Waals surface area contributed by atoms with Crippen LogP contribution in [0.15, 0.2) is 503 Å². The van der Waals surface area contributed by atoms with Crippen LogP contribution in [0.1, 0.15) is 0 Å². The molecule has 0 N–H and O–H groups in total. The van der Waals surface area contributed by atoms with Crippen molar-refractivity contribution in [1.82, 2.24) is 0 Å². The zero-order valence-corrected chi connectivity index (χ0v) is 76.0. The zero-order chi connectivity index (χ0) is 90.0. The SMILES string of the molecule is Clc1ccc(-c2ccc(Br)cc2)cc1.Clc1ccc(-c2ccc(N(c3ccc(-c4ccccc4)cc3)c3cc4oc5ccc6ccccc6c5c4c4ccccc34)cc2)cc1.c1ccc(-c2ccc(N(c3ccc(-c4ccc(N(c5ccccc5)c5cc6oc7ccc8ccccc8c7c6c6ccccc56)cc4)cc3)c3cc4oc5ccc6ccccc6c5c4c4ccccc34)cc2)cc1. The monoisotopic (exact) mass is 1830 g/mol. The van der Waals surface area contributed by atoms with Crippen molar-refractivity contribution in [1.29, 1.82) is 0 Å². The molecular formula is C126H80BrCl2N3O3. The summed E-state index contributed by atoms with van der Waals surface area (Å²) >= 11 is 15.4. The highest BCUT2D eigenvalue weighted by Crippen LogP contribution is 2.52. The molecule has 135 heavy (non-hydrogen) atoms. The van der Waals surface area contributed by atoms with E-state index in [1.807, 2.05) is 48.5 Å². The van der Waals surface area contributed by atoms with Gasteiger partial charge in [-0.3, -0.25) is 0 Å². The Balaban J connectivity index is 0.000000139. The molecule has 9 heteroatoms. The van der Waals surface area contributed by atoms with Crippen LogP contribution in [0, 0.1) is 0 Å². The van der Waals surface area contributed by atoms with Crippen LogP contribution in [0.3, 0.4) is 0 Å². The molecule has 0 bridgehead atoms. The molecule has 0 radical (unpaired) electrons. The van der Waals surface area contributed by atoms with E-state index in [1.54, 1.807) is 0 Å². The van der Waals surface area contributed by atoms with Crippen molar-refractivity contribution in [3.63, 3.8) is 0 Å².